The molecule has 1 aliphatic carbocycles. The van der Waals surface area contributed by atoms with Crippen LogP contribution in [0.4, 0.5) is 4.39 Å². The SMILES string of the molecule is CN(CC1c2nc(C(=O)NCC3=CCC=C(F)C=C3)c(O)c(=O)n2CCN1C)C(=O)c1cccc[n+]1C. The molecule has 0 radical (unpaired) electrons. The molecule has 1 aliphatic heterocycles. The number of hydrogen-bond acceptors (Lipinski definition) is 6. The van der Waals surface area contributed by atoms with Crippen LogP contribution in [-0.4, -0.2) is 70.0 Å². The van der Waals surface area contributed by atoms with E-state index in [1.807, 2.05) is 18.0 Å². The van der Waals surface area contributed by atoms with Gasteiger partial charge in [-0.2, -0.15) is 4.57 Å². The molecule has 0 fully saturated rings. The third-order valence-corrected chi connectivity index (χ3v) is 6.57. The Kier molecular flexibility index (Phi) is 7.63. The molecule has 1 atom stereocenters. The molecular formula is C26H30FN6O4+. The summed E-state index contributed by atoms with van der Waals surface area (Å²) in [6.07, 6.45) is 8.21. The first-order valence-electron chi connectivity index (χ1n) is 11.9. The number of amides is 2. The number of rotatable bonds is 6. The maximum absolute atomic E-state index is 13.4. The molecular weight excluding hydrogens is 479 g/mol. The fourth-order valence-corrected chi connectivity index (χ4v) is 4.35. The molecule has 2 aliphatic rings. The van der Waals surface area contributed by atoms with Gasteiger partial charge in [-0.05, 0) is 37.3 Å². The van der Waals surface area contributed by atoms with Crippen molar-refractivity contribution in [3.63, 3.8) is 0 Å². The van der Waals surface area contributed by atoms with E-state index in [1.165, 1.54) is 16.7 Å². The smallest absolute Gasteiger partial charge is 0.318 e. The van der Waals surface area contributed by atoms with Gasteiger partial charge >= 0.3 is 5.91 Å². The summed E-state index contributed by atoms with van der Waals surface area (Å²) in [5.74, 6) is -1.73. The number of aryl methyl sites for hydroxylation is 1. The summed E-state index contributed by atoms with van der Waals surface area (Å²) in [5, 5.41) is 13.2. The number of fused-ring (bicyclic) bond motifs is 1. The van der Waals surface area contributed by atoms with Crippen LogP contribution in [0.5, 0.6) is 5.75 Å². The molecule has 0 spiro atoms. The molecule has 0 bridgehead atoms. The quantitative estimate of drug-likeness (QED) is 0.562. The zero-order valence-electron chi connectivity index (χ0n) is 21.0. The van der Waals surface area contributed by atoms with Crippen LogP contribution in [0.2, 0.25) is 0 Å². The average Bonchev–Trinajstić information content (AvgIpc) is 3.09. The van der Waals surface area contributed by atoms with Crippen LogP contribution in [0.15, 0.2) is 64.9 Å². The van der Waals surface area contributed by atoms with E-state index in [0.29, 0.717) is 30.1 Å². The number of likely N-dealkylation sites (N-methyl/N-ethyl adjacent to an activating group) is 2. The molecule has 0 saturated carbocycles. The molecule has 3 heterocycles. The number of nitrogens with zero attached hydrogens (tertiary/aromatic N) is 5. The van der Waals surface area contributed by atoms with E-state index < -0.39 is 23.3 Å². The minimum absolute atomic E-state index is 0.0741. The lowest BCUT2D eigenvalue weighted by Gasteiger charge is -2.36. The summed E-state index contributed by atoms with van der Waals surface area (Å²) >= 11 is 0. The van der Waals surface area contributed by atoms with Crippen molar-refractivity contribution in [2.24, 2.45) is 7.05 Å². The van der Waals surface area contributed by atoms with Crippen molar-refractivity contribution in [2.75, 3.05) is 33.7 Å². The van der Waals surface area contributed by atoms with E-state index in [4.69, 9.17) is 0 Å². The fourth-order valence-electron chi connectivity index (χ4n) is 4.35. The second-order valence-electron chi connectivity index (χ2n) is 9.12. The van der Waals surface area contributed by atoms with Crippen molar-refractivity contribution in [3.05, 3.63) is 87.7 Å². The number of carbonyl (C=O) groups excluding carboxylic acids is 2. The topological polar surface area (TPSA) is 112 Å². The number of hydrogen-bond donors (Lipinski definition) is 2. The van der Waals surface area contributed by atoms with E-state index >= 15 is 0 Å². The third kappa shape index (κ3) is 5.51. The van der Waals surface area contributed by atoms with Crippen molar-refractivity contribution >= 4 is 11.8 Å². The van der Waals surface area contributed by atoms with Crippen molar-refractivity contribution in [1.29, 1.82) is 0 Å². The summed E-state index contributed by atoms with van der Waals surface area (Å²) in [5.41, 5.74) is 0.0776. The monoisotopic (exact) mass is 509 g/mol. The van der Waals surface area contributed by atoms with Gasteiger partial charge in [0.05, 0.1) is 6.04 Å². The molecule has 0 saturated heterocycles. The van der Waals surface area contributed by atoms with Gasteiger partial charge < -0.3 is 15.3 Å². The lowest BCUT2D eigenvalue weighted by Crippen LogP contribution is -2.48. The molecule has 0 aromatic carbocycles. The zero-order chi connectivity index (χ0) is 26.7. The highest BCUT2D eigenvalue weighted by atomic mass is 19.1. The molecule has 4 rings (SSSR count). The summed E-state index contributed by atoms with van der Waals surface area (Å²) in [6.45, 7) is 1.06. The number of carbonyl (C=O) groups is 2. The summed E-state index contributed by atoms with van der Waals surface area (Å²) in [4.78, 5) is 46.9. The Bertz CT molecular complexity index is 1380. The highest BCUT2D eigenvalue weighted by Crippen LogP contribution is 2.25. The van der Waals surface area contributed by atoms with Gasteiger partial charge in [0.15, 0.2) is 11.9 Å². The van der Waals surface area contributed by atoms with Crippen LogP contribution in [-0.2, 0) is 13.6 Å². The highest BCUT2D eigenvalue weighted by molar-refractivity contribution is 5.95. The standard InChI is InChI=1S/C26H29FN6O4/c1-30-12-5-4-9-19(30)25(36)32(3)16-20-23-29-21(22(34)26(37)33(23)14-13-31(20)2)24(35)28-15-17-7-6-8-18(27)11-10-17/h4-5,7-12,20H,6,13-16H2,1-3H3,(H-,28,34,35)/p+1. The number of allylic oxidation sites excluding steroid dienone is 4. The second-order valence-corrected chi connectivity index (χ2v) is 9.12. The average molecular weight is 510 g/mol. The first-order valence-corrected chi connectivity index (χ1v) is 11.9. The van der Waals surface area contributed by atoms with Crippen molar-refractivity contribution in [3.8, 4) is 5.75 Å². The number of halogens is 1. The van der Waals surface area contributed by atoms with Gasteiger partial charge in [-0.15, -0.1) is 0 Å². The first kappa shape index (κ1) is 26.0. The predicted octanol–water partition coefficient (Wildman–Crippen LogP) is 1.00. The molecule has 2 amide bonds. The molecule has 194 valence electrons. The molecule has 37 heavy (non-hydrogen) atoms. The Hall–Kier alpha value is -4.12. The Morgan fingerprint density at radius 1 is 1.27 bits per heavy atom. The molecule has 2 aromatic rings. The van der Waals surface area contributed by atoms with Crippen molar-refractivity contribution in [1.82, 2.24) is 24.7 Å². The van der Waals surface area contributed by atoms with Crippen LogP contribution in [0, 0.1) is 0 Å². The highest BCUT2D eigenvalue weighted by Gasteiger charge is 2.33. The maximum atomic E-state index is 13.4. The number of aromatic nitrogens is 3. The lowest BCUT2D eigenvalue weighted by molar-refractivity contribution is -0.673. The van der Waals surface area contributed by atoms with Crippen LogP contribution in [0.1, 0.15) is 39.3 Å². The number of pyridine rings is 1. The van der Waals surface area contributed by atoms with Gasteiger partial charge in [-0.25, -0.2) is 9.37 Å². The Labute approximate surface area is 213 Å². The van der Waals surface area contributed by atoms with E-state index in [0.717, 1.165) is 0 Å². The summed E-state index contributed by atoms with van der Waals surface area (Å²) in [7, 11) is 5.30. The van der Waals surface area contributed by atoms with Gasteiger partial charge in [0, 0.05) is 45.4 Å². The molecule has 2 aromatic heterocycles. The summed E-state index contributed by atoms with van der Waals surface area (Å²) in [6, 6.07) is 4.85. The van der Waals surface area contributed by atoms with E-state index in [-0.39, 0.29) is 37.1 Å². The van der Waals surface area contributed by atoms with Gasteiger partial charge in [-0.1, -0.05) is 12.2 Å². The zero-order valence-corrected chi connectivity index (χ0v) is 21.0. The molecule has 2 N–H and O–H groups in total. The molecule has 10 nitrogen and oxygen atoms in total. The van der Waals surface area contributed by atoms with Crippen LogP contribution < -0.4 is 15.4 Å². The van der Waals surface area contributed by atoms with E-state index in [9.17, 15) is 23.9 Å². The van der Waals surface area contributed by atoms with Gasteiger partial charge in [-0.3, -0.25) is 23.9 Å². The van der Waals surface area contributed by atoms with Gasteiger partial charge in [0.25, 0.3) is 17.2 Å². The largest absolute Gasteiger partial charge is 0.501 e. The van der Waals surface area contributed by atoms with Crippen molar-refractivity contribution in [2.45, 2.75) is 19.0 Å². The van der Waals surface area contributed by atoms with Crippen molar-refractivity contribution < 1.29 is 23.7 Å². The van der Waals surface area contributed by atoms with Crippen LogP contribution >= 0.6 is 0 Å². The van der Waals surface area contributed by atoms with Crippen LogP contribution in [0.3, 0.4) is 0 Å². The Morgan fingerprint density at radius 3 is 2.81 bits per heavy atom. The van der Waals surface area contributed by atoms with E-state index in [2.05, 4.69) is 10.3 Å². The first-order chi connectivity index (χ1) is 17.7. The molecule has 11 heteroatoms. The van der Waals surface area contributed by atoms with Crippen LogP contribution in [0.25, 0.3) is 0 Å². The number of nitrogens with one attached hydrogen (secondary N) is 1. The van der Waals surface area contributed by atoms with E-state index in [1.54, 1.807) is 54.0 Å². The fraction of sp³-hybridized carbons (Fsp3) is 0.346. The predicted molar refractivity (Wildman–Crippen MR) is 133 cm³/mol. The Balaban J connectivity index is 1.58. The van der Waals surface area contributed by atoms with Gasteiger partial charge in [0.1, 0.15) is 18.7 Å². The minimum Gasteiger partial charge on any atom is -0.501 e. The second kappa shape index (κ2) is 10.9. The maximum Gasteiger partial charge on any atom is 0.318 e. The third-order valence-electron chi connectivity index (χ3n) is 6.57. The van der Waals surface area contributed by atoms with Gasteiger partial charge in [0.2, 0.25) is 5.75 Å². The number of aromatic hydroxyl groups is 1. The Morgan fingerprint density at radius 2 is 2.05 bits per heavy atom. The lowest BCUT2D eigenvalue weighted by atomic mass is 10.1. The summed E-state index contributed by atoms with van der Waals surface area (Å²) < 4.78 is 16.5. The molecule has 1 unspecified atom stereocenters. The normalized spacial score (nSPS) is 17.4. The minimum atomic E-state index is -0.733.